The number of carbonyl (C=O) groups excluding carboxylic acids is 1. The third kappa shape index (κ3) is 3.66. The fourth-order valence-electron chi connectivity index (χ4n) is 1.50. The first kappa shape index (κ1) is 13.4. The van der Waals surface area contributed by atoms with Gasteiger partial charge < -0.3 is 16.0 Å². The zero-order valence-corrected chi connectivity index (χ0v) is 10.7. The predicted molar refractivity (Wildman–Crippen MR) is 72.0 cm³/mol. The fourth-order valence-corrected chi connectivity index (χ4v) is 1.50. The number of nitrogens with zero attached hydrogens (tertiary/aromatic N) is 1. The Hall–Kier alpha value is -1.71. The number of hydrogen-bond acceptors (Lipinski definition) is 3. The van der Waals surface area contributed by atoms with Gasteiger partial charge in [0.1, 0.15) is 6.04 Å². The van der Waals surface area contributed by atoms with Crippen molar-refractivity contribution < 1.29 is 4.79 Å². The van der Waals surface area contributed by atoms with Crippen molar-refractivity contribution in [1.82, 2.24) is 5.32 Å². The molecule has 94 valence electrons. The van der Waals surface area contributed by atoms with Crippen molar-refractivity contribution in [3.63, 3.8) is 0 Å². The third-order valence-electron chi connectivity index (χ3n) is 2.81. The lowest BCUT2D eigenvalue weighted by molar-refractivity contribution is -0.121. The van der Waals surface area contributed by atoms with Gasteiger partial charge in [0, 0.05) is 25.0 Å². The van der Waals surface area contributed by atoms with E-state index in [0.29, 0.717) is 0 Å². The number of nitrogens with one attached hydrogen (secondary N) is 1. The second-order valence-electron chi connectivity index (χ2n) is 4.17. The van der Waals surface area contributed by atoms with Gasteiger partial charge in [0.15, 0.2) is 0 Å². The monoisotopic (exact) mass is 235 g/mol. The van der Waals surface area contributed by atoms with Gasteiger partial charge in [0.05, 0.1) is 0 Å². The Kier molecular flexibility index (Phi) is 4.82. The fraction of sp³-hybridized carbons (Fsp3) is 0.462. The van der Waals surface area contributed by atoms with Crippen LogP contribution >= 0.6 is 0 Å². The first-order valence-corrected chi connectivity index (χ1v) is 5.92. The smallest absolute Gasteiger partial charge is 0.242 e. The second-order valence-corrected chi connectivity index (χ2v) is 4.17. The highest BCUT2D eigenvalue weighted by Gasteiger charge is 2.17. The summed E-state index contributed by atoms with van der Waals surface area (Å²) in [6.07, 6.45) is 0.948. The topological polar surface area (TPSA) is 58.4 Å². The summed E-state index contributed by atoms with van der Waals surface area (Å²) in [5.74, 6) is 0.0474. The minimum absolute atomic E-state index is 0.0474. The van der Waals surface area contributed by atoms with E-state index in [2.05, 4.69) is 5.32 Å². The molecule has 4 nitrogen and oxygen atoms in total. The van der Waals surface area contributed by atoms with Crippen molar-refractivity contribution in [3.8, 4) is 0 Å². The van der Waals surface area contributed by atoms with E-state index in [4.69, 9.17) is 5.73 Å². The third-order valence-corrected chi connectivity index (χ3v) is 2.81. The number of hydrogen-bond donors (Lipinski definition) is 2. The van der Waals surface area contributed by atoms with E-state index < -0.39 is 0 Å². The molecule has 1 unspecified atom stereocenters. The Balaban J connectivity index is 2.65. The lowest BCUT2D eigenvalue weighted by Gasteiger charge is -2.26. The predicted octanol–water partition coefficient (Wildman–Crippen LogP) is 1.62. The zero-order valence-electron chi connectivity index (χ0n) is 10.7. The molecule has 0 fully saturated rings. The Bertz CT molecular complexity index is 361. The molecule has 0 spiro atoms. The van der Waals surface area contributed by atoms with Crippen molar-refractivity contribution in [3.05, 3.63) is 24.3 Å². The van der Waals surface area contributed by atoms with Crippen LogP contribution in [0.4, 0.5) is 11.4 Å². The van der Waals surface area contributed by atoms with Crippen LogP contribution in [0.3, 0.4) is 0 Å². The van der Waals surface area contributed by atoms with Crippen molar-refractivity contribution in [1.29, 1.82) is 0 Å². The van der Waals surface area contributed by atoms with E-state index in [1.54, 1.807) is 0 Å². The van der Waals surface area contributed by atoms with Crippen LogP contribution < -0.4 is 16.0 Å². The van der Waals surface area contributed by atoms with Crippen LogP contribution in [0.15, 0.2) is 24.3 Å². The Morgan fingerprint density at radius 1 is 1.41 bits per heavy atom. The van der Waals surface area contributed by atoms with Crippen molar-refractivity contribution in [2.24, 2.45) is 0 Å². The van der Waals surface area contributed by atoms with Gasteiger partial charge in [-0.15, -0.1) is 0 Å². The van der Waals surface area contributed by atoms with Gasteiger partial charge in [-0.25, -0.2) is 0 Å². The molecule has 1 rings (SSSR count). The zero-order chi connectivity index (χ0) is 12.8. The number of rotatable bonds is 5. The molecular formula is C13H21N3O. The molecule has 0 aliphatic rings. The van der Waals surface area contributed by atoms with E-state index in [0.717, 1.165) is 24.3 Å². The summed E-state index contributed by atoms with van der Waals surface area (Å²) in [5.41, 5.74) is 7.34. The van der Waals surface area contributed by atoms with Crippen LogP contribution in [0.5, 0.6) is 0 Å². The molecule has 0 radical (unpaired) electrons. The SMILES string of the molecule is CCCNC(=O)C(C)N(C)c1ccc(N)cc1. The highest BCUT2D eigenvalue weighted by Crippen LogP contribution is 2.16. The van der Waals surface area contributed by atoms with Crippen LogP contribution in [0, 0.1) is 0 Å². The number of nitrogen functional groups attached to an aromatic ring is 1. The molecule has 1 amide bonds. The average Bonchev–Trinajstić information content (AvgIpc) is 2.35. The van der Waals surface area contributed by atoms with Crippen LogP contribution in [0.2, 0.25) is 0 Å². The Labute approximate surface area is 103 Å². The van der Waals surface area contributed by atoms with Crippen molar-refractivity contribution in [2.45, 2.75) is 26.3 Å². The molecule has 0 bridgehead atoms. The van der Waals surface area contributed by atoms with Gasteiger partial charge in [-0.2, -0.15) is 0 Å². The number of likely N-dealkylation sites (N-methyl/N-ethyl adjacent to an activating group) is 1. The van der Waals surface area contributed by atoms with E-state index in [9.17, 15) is 4.79 Å². The Morgan fingerprint density at radius 2 is 2.00 bits per heavy atom. The average molecular weight is 235 g/mol. The van der Waals surface area contributed by atoms with Gasteiger partial charge in [-0.05, 0) is 37.6 Å². The highest BCUT2D eigenvalue weighted by molar-refractivity contribution is 5.84. The van der Waals surface area contributed by atoms with Gasteiger partial charge in [0.2, 0.25) is 5.91 Å². The van der Waals surface area contributed by atoms with Gasteiger partial charge >= 0.3 is 0 Å². The van der Waals surface area contributed by atoms with Gasteiger partial charge in [0.25, 0.3) is 0 Å². The molecular weight excluding hydrogens is 214 g/mol. The molecule has 3 N–H and O–H groups in total. The minimum atomic E-state index is -0.190. The van der Waals surface area contributed by atoms with E-state index in [-0.39, 0.29) is 11.9 Å². The number of benzene rings is 1. The van der Waals surface area contributed by atoms with E-state index in [1.165, 1.54) is 0 Å². The van der Waals surface area contributed by atoms with Gasteiger partial charge in [-0.3, -0.25) is 4.79 Å². The van der Waals surface area contributed by atoms with Crippen molar-refractivity contribution >= 4 is 17.3 Å². The largest absolute Gasteiger partial charge is 0.399 e. The van der Waals surface area contributed by atoms with Crippen LogP contribution in [0.25, 0.3) is 0 Å². The number of carbonyl (C=O) groups is 1. The summed E-state index contributed by atoms with van der Waals surface area (Å²) in [6.45, 7) is 4.65. The maximum Gasteiger partial charge on any atom is 0.242 e. The van der Waals surface area contributed by atoms with E-state index >= 15 is 0 Å². The number of nitrogens with two attached hydrogens (primary N) is 1. The van der Waals surface area contributed by atoms with Crippen LogP contribution in [0.1, 0.15) is 20.3 Å². The van der Waals surface area contributed by atoms with Crippen LogP contribution in [-0.4, -0.2) is 25.5 Å². The van der Waals surface area contributed by atoms with Crippen LogP contribution in [-0.2, 0) is 4.79 Å². The number of anilines is 2. The molecule has 1 atom stereocenters. The molecule has 0 saturated heterocycles. The molecule has 0 aromatic heterocycles. The summed E-state index contributed by atoms with van der Waals surface area (Å²) < 4.78 is 0. The quantitative estimate of drug-likeness (QED) is 0.762. The lowest BCUT2D eigenvalue weighted by atomic mass is 10.2. The first-order chi connectivity index (χ1) is 8.06. The number of amides is 1. The molecule has 0 saturated carbocycles. The second kappa shape index (κ2) is 6.13. The van der Waals surface area contributed by atoms with E-state index in [1.807, 2.05) is 50.1 Å². The Morgan fingerprint density at radius 3 is 2.53 bits per heavy atom. The normalized spacial score (nSPS) is 11.9. The summed E-state index contributed by atoms with van der Waals surface area (Å²) >= 11 is 0. The molecule has 0 heterocycles. The molecule has 0 aliphatic carbocycles. The summed E-state index contributed by atoms with van der Waals surface area (Å²) in [7, 11) is 1.90. The first-order valence-electron chi connectivity index (χ1n) is 5.92. The van der Waals surface area contributed by atoms with Gasteiger partial charge in [-0.1, -0.05) is 6.92 Å². The molecule has 1 aromatic carbocycles. The summed E-state index contributed by atoms with van der Waals surface area (Å²) in [5, 5.41) is 2.89. The highest BCUT2D eigenvalue weighted by atomic mass is 16.2. The lowest BCUT2D eigenvalue weighted by Crippen LogP contribution is -2.43. The molecule has 0 aliphatic heterocycles. The maximum atomic E-state index is 11.8. The summed E-state index contributed by atoms with van der Waals surface area (Å²) in [4.78, 5) is 13.7. The minimum Gasteiger partial charge on any atom is -0.399 e. The molecule has 1 aromatic rings. The maximum absolute atomic E-state index is 11.8. The summed E-state index contributed by atoms with van der Waals surface area (Å²) in [6, 6.07) is 7.31. The molecule has 17 heavy (non-hydrogen) atoms. The standard InChI is InChI=1S/C13H21N3O/c1-4-9-15-13(17)10(2)16(3)12-7-5-11(14)6-8-12/h5-8,10H,4,9,14H2,1-3H3,(H,15,17). The van der Waals surface area contributed by atoms with Crippen molar-refractivity contribution in [2.75, 3.05) is 24.2 Å². The molecule has 4 heteroatoms.